The number of benzene rings is 1. The number of nitrogens with two attached hydrogens (primary N) is 2. The molecule has 0 bridgehead atoms. The number of fused-ring (bicyclic) bond motifs is 1. The summed E-state index contributed by atoms with van der Waals surface area (Å²) in [6, 6.07) is 1.40. The summed E-state index contributed by atoms with van der Waals surface area (Å²) < 4.78 is 55.1. The van der Waals surface area contributed by atoms with E-state index in [1.165, 1.54) is 0 Å². The fourth-order valence-electron chi connectivity index (χ4n) is 1.39. The van der Waals surface area contributed by atoms with E-state index in [0.29, 0.717) is 12.1 Å². The van der Waals surface area contributed by atoms with Crippen LogP contribution in [0.5, 0.6) is 0 Å². The zero-order chi connectivity index (χ0) is 11.4. The van der Waals surface area contributed by atoms with Crippen molar-refractivity contribution in [3.63, 3.8) is 0 Å². The number of halogens is 4. The van der Waals surface area contributed by atoms with Crippen LogP contribution in [0, 0.1) is 0 Å². The monoisotopic (exact) mass is 222 g/mol. The van der Waals surface area contributed by atoms with Crippen LogP contribution >= 0.6 is 0 Å². The van der Waals surface area contributed by atoms with Gasteiger partial charge in [-0.05, 0) is 12.1 Å². The molecule has 1 aliphatic heterocycles. The largest absolute Gasteiger partial charge is 0.397 e. The van der Waals surface area contributed by atoms with Crippen LogP contribution in [0.25, 0.3) is 0 Å². The topological polar surface area (TPSA) is 61.3 Å². The summed E-state index contributed by atoms with van der Waals surface area (Å²) in [6.45, 7) is 0. The molecule has 1 aliphatic rings. The van der Waals surface area contributed by atoms with Gasteiger partial charge in [-0.25, -0.2) is 4.74 Å². The maximum atomic E-state index is 12.9. The van der Waals surface area contributed by atoms with Crippen molar-refractivity contribution in [3.05, 3.63) is 23.3 Å². The van der Waals surface area contributed by atoms with E-state index in [1.807, 2.05) is 0 Å². The average molecular weight is 222 g/mol. The molecular weight excluding hydrogens is 216 g/mol. The van der Waals surface area contributed by atoms with Crippen LogP contribution in [-0.2, 0) is 17.0 Å². The number of nitrogen functional groups attached to an aromatic ring is 2. The first kappa shape index (κ1) is 10.0. The molecule has 0 amide bonds. The molecule has 2 rings (SSSR count). The Labute approximate surface area is 81.6 Å². The van der Waals surface area contributed by atoms with Crippen molar-refractivity contribution in [1.29, 1.82) is 0 Å². The number of hydrogen-bond donors (Lipinski definition) is 2. The average Bonchev–Trinajstić information content (AvgIpc) is 2.21. The molecule has 15 heavy (non-hydrogen) atoms. The number of hydrogen-bond acceptors (Lipinski definition) is 3. The third-order valence-corrected chi connectivity index (χ3v) is 2.11. The minimum atomic E-state index is -4.04. The van der Waals surface area contributed by atoms with Crippen LogP contribution < -0.4 is 11.5 Å². The van der Waals surface area contributed by atoms with Gasteiger partial charge in [0.1, 0.15) is 0 Å². The highest BCUT2D eigenvalue weighted by atomic mass is 19.3. The van der Waals surface area contributed by atoms with Crippen molar-refractivity contribution in [2.75, 3.05) is 11.5 Å². The maximum Gasteiger partial charge on any atom is 0.388 e. The molecule has 0 fully saturated rings. The zero-order valence-electron chi connectivity index (χ0n) is 7.23. The van der Waals surface area contributed by atoms with Gasteiger partial charge in [-0.3, -0.25) is 0 Å². The molecule has 0 saturated heterocycles. The Balaban J connectivity index is 2.71. The van der Waals surface area contributed by atoms with E-state index in [1.54, 1.807) is 0 Å². The molecule has 7 heteroatoms. The van der Waals surface area contributed by atoms with Crippen molar-refractivity contribution in [1.82, 2.24) is 0 Å². The molecule has 0 saturated carbocycles. The highest BCUT2D eigenvalue weighted by molar-refractivity contribution is 5.67. The number of rotatable bonds is 0. The van der Waals surface area contributed by atoms with Gasteiger partial charge < -0.3 is 11.5 Å². The van der Waals surface area contributed by atoms with E-state index in [-0.39, 0.29) is 11.4 Å². The highest BCUT2D eigenvalue weighted by Crippen LogP contribution is 2.52. The molecule has 82 valence electrons. The van der Waals surface area contributed by atoms with Crippen molar-refractivity contribution in [2.45, 2.75) is 12.2 Å². The first-order valence-electron chi connectivity index (χ1n) is 3.90. The normalized spacial score (nSPS) is 21.3. The first-order valence-corrected chi connectivity index (χ1v) is 3.90. The molecular formula is C8H6F4N2O. The van der Waals surface area contributed by atoms with Gasteiger partial charge in [-0.15, -0.1) is 0 Å². The van der Waals surface area contributed by atoms with Crippen LogP contribution in [0.3, 0.4) is 0 Å². The van der Waals surface area contributed by atoms with Gasteiger partial charge in [0.15, 0.2) is 0 Å². The first-order chi connectivity index (χ1) is 6.74. The molecule has 3 nitrogen and oxygen atoms in total. The van der Waals surface area contributed by atoms with E-state index in [0.717, 1.165) is 0 Å². The van der Waals surface area contributed by atoms with Gasteiger partial charge >= 0.3 is 12.2 Å². The van der Waals surface area contributed by atoms with Crippen molar-refractivity contribution in [3.8, 4) is 0 Å². The molecule has 4 N–H and O–H groups in total. The molecule has 1 aromatic carbocycles. The van der Waals surface area contributed by atoms with Crippen molar-refractivity contribution < 1.29 is 22.3 Å². The molecule has 0 radical (unpaired) electrons. The van der Waals surface area contributed by atoms with E-state index in [2.05, 4.69) is 4.74 Å². The van der Waals surface area contributed by atoms with Gasteiger partial charge in [0.25, 0.3) is 0 Å². The summed E-state index contributed by atoms with van der Waals surface area (Å²) in [6.07, 6.45) is -8.08. The fourth-order valence-corrected chi connectivity index (χ4v) is 1.39. The number of ether oxygens (including phenoxy) is 1. The second-order valence-corrected chi connectivity index (χ2v) is 3.16. The summed E-state index contributed by atoms with van der Waals surface area (Å²) in [5, 5.41) is 0. The van der Waals surface area contributed by atoms with Crippen LogP contribution in [0.1, 0.15) is 11.1 Å². The third kappa shape index (κ3) is 1.30. The standard InChI is InChI=1S/C8H6F4N2O/c9-7(10)3-1-5(13)6(14)2-4(3)8(11,12)15-7/h1-2H,13-14H2. The Hall–Kier alpha value is -1.50. The molecule has 0 aliphatic carbocycles. The Kier molecular flexibility index (Phi) is 1.70. The quantitative estimate of drug-likeness (QED) is 0.521. The summed E-state index contributed by atoms with van der Waals surface area (Å²) in [5.41, 5.74) is 8.23. The van der Waals surface area contributed by atoms with E-state index < -0.39 is 23.3 Å². The minimum absolute atomic E-state index is 0.185. The Morgan fingerprint density at radius 1 is 0.867 bits per heavy atom. The summed E-state index contributed by atoms with van der Waals surface area (Å²) in [5.74, 6) is 0. The van der Waals surface area contributed by atoms with Crippen LogP contribution in [-0.4, -0.2) is 0 Å². The molecule has 0 spiro atoms. The van der Waals surface area contributed by atoms with Gasteiger partial charge in [0, 0.05) is 0 Å². The van der Waals surface area contributed by atoms with Gasteiger partial charge in [-0.1, -0.05) is 0 Å². The van der Waals surface area contributed by atoms with E-state index in [9.17, 15) is 17.6 Å². The van der Waals surface area contributed by atoms with Gasteiger partial charge in [0.05, 0.1) is 22.5 Å². The smallest absolute Gasteiger partial charge is 0.388 e. The molecule has 0 aromatic heterocycles. The van der Waals surface area contributed by atoms with Crippen molar-refractivity contribution >= 4 is 11.4 Å². The number of alkyl halides is 4. The van der Waals surface area contributed by atoms with Gasteiger partial charge in [-0.2, -0.15) is 17.6 Å². The second kappa shape index (κ2) is 2.54. The lowest BCUT2D eigenvalue weighted by Crippen LogP contribution is -2.17. The Morgan fingerprint density at radius 3 is 1.53 bits per heavy atom. The summed E-state index contributed by atoms with van der Waals surface area (Å²) in [7, 11) is 0. The predicted octanol–water partition coefficient (Wildman–Crippen LogP) is 1.98. The predicted molar refractivity (Wildman–Crippen MR) is 44.1 cm³/mol. The second-order valence-electron chi connectivity index (χ2n) is 3.16. The van der Waals surface area contributed by atoms with Crippen LogP contribution in [0.4, 0.5) is 28.9 Å². The molecule has 0 atom stereocenters. The van der Waals surface area contributed by atoms with Gasteiger partial charge in [0.2, 0.25) is 0 Å². The van der Waals surface area contributed by atoms with Crippen LogP contribution in [0.15, 0.2) is 12.1 Å². The third-order valence-electron chi connectivity index (χ3n) is 2.11. The lowest BCUT2D eigenvalue weighted by Gasteiger charge is -2.10. The summed E-state index contributed by atoms with van der Waals surface area (Å²) >= 11 is 0. The van der Waals surface area contributed by atoms with E-state index in [4.69, 9.17) is 11.5 Å². The lowest BCUT2D eigenvalue weighted by atomic mass is 10.1. The van der Waals surface area contributed by atoms with E-state index >= 15 is 0 Å². The zero-order valence-corrected chi connectivity index (χ0v) is 7.23. The SMILES string of the molecule is Nc1cc2c(cc1N)C(F)(F)OC2(F)F. The molecule has 1 aromatic rings. The molecule has 0 unspecified atom stereocenters. The highest BCUT2D eigenvalue weighted by Gasteiger charge is 2.57. The summed E-state index contributed by atoms with van der Waals surface area (Å²) in [4.78, 5) is 0. The number of anilines is 2. The fraction of sp³-hybridized carbons (Fsp3) is 0.250. The van der Waals surface area contributed by atoms with Crippen LogP contribution in [0.2, 0.25) is 0 Å². The minimum Gasteiger partial charge on any atom is -0.397 e. The Morgan fingerprint density at radius 2 is 1.20 bits per heavy atom. The molecule has 1 heterocycles. The lowest BCUT2D eigenvalue weighted by molar-refractivity contribution is -0.369. The maximum absolute atomic E-state index is 12.9. The Bertz CT molecular complexity index is 394. The van der Waals surface area contributed by atoms with Crippen molar-refractivity contribution in [2.24, 2.45) is 0 Å².